The smallest absolute Gasteiger partial charge is 0.181 e. The van der Waals surface area contributed by atoms with Crippen molar-refractivity contribution in [2.24, 2.45) is 10.8 Å². The molecule has 256 valence electrons. The molecule has 4 heteroatoms. The van der Waals surface area contributed by atoms with Gasteiger partial charge in [0.1, 0.15) is 12.6 Å². The highest BCUT2D eigenvalue weighted by Gasteiger charge is 2.41. The molecule has 1 aliphatic heterocycles. The predicted molar refractivity (Wildman–Crippen MR) is 212 cm³/mol. The van der Waals surface area contributed by atoms with Crippen molar-refractivity contribution in [3.8, 4) is 0 Å². The quantitative estimate of drug-likeness (QED) is 0.0435. The molecule has 0 amide bonds. The van der Waals surface area contributed by atoms with Crippen molar-refractivity contribution in [2.75, 3.05) is 25.5 Å². The molecule has 47 heavy (non-hydrogen) atoms. The van der Waals surface area contributed by atoms with E-state index in [2.05, 4.69) is 143 Å². The fourth-order valence-electron chi connectivity index (χ4n) is 6.82. The monoisotopic (exact) mass is 654 g/mol. The average molecular weight is 655 g/mol. The number of allylic oxidation sites excluding steroid dienone is 12. The molecule has 1 aromatic rings. The minimum atomic E-state index is -0.0203. The number of thiol groups is 1. The highest BCUT2D eigenvalue weighted by atomic mass is 32.1. The first-order chi connectivity index (χ1) is 22.4. The van der Waals surface area contributed by atoms with E-state index in [1.54, 1.807) is 0 Å². The fraction of sp³-hybridized carbons (Fsp3) is 0.512. The van der Waals surface area contributed by atoms with E-state index in [9.17, 15) is 0 Å². The molecule has 0 aromatic heterocycles. The van der Waals surface area contributed by atoms with Crippen LogP contribution >= 0.6 is 12.6 Å². The predicted octanol–water partition coefficient (Wildman–Crippen LogP) is 11.5. The summed E-state index contributed by atoms with van der Waals surface area (Å²) in [5, 5.41) is 3.21. The minimum Gasteiger partial charge on any atom is -0.388 e. The minimum absolute atomic E-state index is 0.0203. The molecule has 0 bridgehead atoms. The van der Waals surface area contributed by atoms with Crippen LogP contribution in [0.1, 0.15) is 105 Å². The maximum Gasteiger partial charge on any atom is 0.181 e. The van der Waals surface area contributed by atoms with Gasteiger partial charge in [0, 0.05) is 54.0 Å². The highest BCUT2D eigenvalue weighted by molar-refractivity contribution is 7.84. The van der Waals surface area contributed by atoms with Crippen LogP contribution in [-0.4, -0.2) is 41.4 Å². The van der Waals surface area contributed by atoms with Crippen LogP contribution < -0.4 is 5.32 Å². The molecule has 0 unspecified atom stereocenters. The molecule has 1 aliphatic carbocycles. The maximum absolute atomic E-state index is 4.75. The zero-order chi connectivity index (χ0) is 34.5. The molecule has 3 rings (SSSR count). The molecule has 0 radical (unpaired) electrons. The summed E-state index contributed by atoms with van der Waals surface area (Å²) in [5.74, 6) is 0. The number of hydrogen-bond donors (Lipinski definition) is 2. The fourth-order valence-corrected chi connectivity index (χ4v) is 7.06. The van der Waals surface area contributed by atoms with Gasteiger partial charge in [-0.1, -0.05) is 96.0 Å². The van der Waals surface area contributed by atoms with E-state index >= 15 is 0 Å². The van der Waals surface area contributed by atoms with Crippen molar-refractivity contribution in [3.63, 3.8) is 0 Å². The third kappa shape index (κ3) is 11.3. The van der Waals surface area contributed by atoms with E-state index in [0.717, 1.165) is 50.9 Å². The second-order valence-corrected chi connectivity index (χ2v) is 15.5. The number of benzene rings is 1. The zero-order valence-electron chi connectivity index (χ0n) is 30.9. The van der Waals surface area contributed by atoms with Crippen LogP contribution in [0.3, 0.4) is 0 Å². The second kappa shape index (κ2) is 18.5. The lowest BCUT2D eigenvalue weighted by Crippen LogP contribution is -2.35. The topological polar surface area (TPSA) is 18.3 Å². The van der Waals surface area contributed by atoms with Crippen LogP contribution in [0.25, 0.3) is 0 Å². The first-order valence-corrected chi connectivity index (χ1v) is 18.5. The van der Waals surface area contributed by atoms with Gasteiger partial charge in [0.15, 0.2) is 5.71 Å². The van der Waals surface area contributed by atoms with Crippen molar-refractivity contribution in [3.05, 3.63) is 113 Å². The Morgan fingerprint density at radius 3 is 2.32 bits per heavy atom. The van der Waals surface area contributed by atoms with E-state index in [4.69, 9.17) is 12.6 Å². The first kappa shape index (κ1) is 38.5. The van der Waals surface area contributed by atoms with Gasteiger partial charge in [-0.2, -0.15) is 0 Å². The standard InChI is InChI=1S/C43H63N3S/c1-10-11-12-13-17-20-31-46-39-30-29-37(47)33-38(39)43(7,8)41(46)24-19-16-14-15-18-23-40(42(4,5)6)45(34(2)3)32-21-22-35-25-27-36(44-9)28-26-35/h10,14-16,18-19,23-28,33-34,44H,1,11-13,17,20-22,29-32H2,2-9H3/p+1. The Labute approximate surface area is 294 Å². The second-order valence-electron chi connectivity index (χ2n) is 14.9. The Kier molecular flexibility index (Phi) is 15.2. The number of rotatable bonds is 17. The summed E-state index contributed by atoms with van der Waals surface area (Å²) in [5.41, 5.74) is 8.34. The lowest BCUT2D eigenvalue weighted by molar-refractivity contribution is -0.561. The van der Waals surface area contributed by atoms with Gasteiger partial charge < -0.3 is 10.2 Å². The molecular formula is C43H64N3S+. The van der Waals surface area contributed by atoms with Crippen LogP contribution in [0.2, 0.25) is 0 Å². The number of nitrogens with one attached hydrogen (secondary N) is 1. The molecule has 0 saturated heterocycles. The Bertz CT molecular complexity index is 1390. The molecule has 1 heterocycles. The lowest BCUT2D eigenvalue weighted by atomic mass is 9.81. The van der Waals surface area contributed by atoms with Gasteiger partial charge in [0.05, 0.1) is 0 Å². The van der Waals surface area contributed by atoms with Crippen LogP contribution in [-0.2, 0) is 6.42 Å². The number of hydrogen-bond acceptors (Lipinski definition) is 3. The summed E-state index contributed by atoms with van der Waals surface area (Å²) in [6.45, 7) is 22.3. The first-order valence-electron chi connectivity index (χ1n) is 18.0. The van der Waals surface area contributed by atoms with Gasteiger partial charge in [-0.3, -0.25) is 0 Å². The molecule has 0 atom stereocenters. The summed E-state index contributed by atoms with van der Waals surface area (Å²) >= 11 is 4.75. The van der Waals surface area contributed by atoms with Crippen LogP contribution in [0.5, 0.6) is 0 Å². The van der Waals surface area contributed by atoms with Gasteiger partial charge in [-0.25, -0.2) is 4.58 Å². The van der Waals surface area contributed by atoms with Crippen LogP contribution in [0.4, 0.5) is 5.69 Å². The molecular weight excluding hydrogens is 591 g/mol. The summed E-state index contributed by atoms with van der Waals surface area (Å²) < 4.78 is 2.59. The summed E-state index contributed by atoms with van der Waals surface area (Å²) in [6.07, 6.45) is 30.4. The number of anilines is 1. The Balaban J connectivity index is 1.71. The normalized spacial score (nSPS) is 18.2. The molecule has 2 aliphatic rings. The van der Waals surface area contributed by atoms with E-state index in [1.807, 2.05) is 13.1 Å². The molecule has 1 aromatic carbocycles. The Morgan fingerprint density at radius 1 is 0.979 bits per heavy atom. The van der Waals surface area contributed by atoms with E-state index < -0.39 is 0 Å². The zero-order valence-corrected chi connectivity index (χ0v) is 31.8. The van der Waals surface area contributed by atoms with Gasteiger partial charge in [0.25, 0.3) is 0 Å². The van der Waals surface area contributed by atoms with Crippen molar-refractivity contribution in [2.45, 2.75) is 112 Å². The molecule has 1 N–H and O–H groups in total. The third-order valence-electron chi connectivity index (χ3n) is 9.47. The highest BCUT2D eigenvalue weighted by Crippen LogP contribution is 2.51. The maximum atomic E-state index is 4.75. The largest absolute Gasteiger partial charge is 0.388 e. The van der Waals surface area contributed by atoms with Crippen molar-refractivity contribution in [1.82, 2.24) is 4.90 Å². The lowest BCUT2D eigenvalue weighted by Gasteiger charge is -2.29. The van der Waals surface area contributed by atoms with Gasteiger partial charge in [0.2, 0.25) is 0 Å². The summed E-state index contributed by atoms with van der Waals surface area (Å²) in [6, 6.07) is 9.26. The van der Waals surface area contributed by atoms with Gasteiger partial charge >= 0.3 is 0 Å². The van der Waals surface area contributed by atoms with E-state index in [0.29, 0.717) is 6.04 Å². The summed E-state index contributed by atoms with van der Waals surface area (Å²) in [7, 11) is 1.97. The summed E-state index contributed by atoms with van der Waals surface area (Å²) in [4.78, 5) is 3.82. The number of aryl methyl sites for hydroxylation is 1. The van der Waals surface area contributed by atoms with Crippen LogP contribution in [0, 0.1) is 10.8 Å². The van der Waals surface area contributed by atoms with E-state index in [1.165, 1.54) is 58.8 Å². The molecule has 0 fully saturated rings. The van der Waals surface area contributed by atoms with Crippen LogP contribution in [0.15, 0.2) is 107 Å². The number of unbranched alkanes of at least 4 members (excludes halogenated alkanes) is 4. The van der Waals surface area contributed by atoms with Crippen molar-refractivity contribution < 1.29 is 4.58 Å². The van der Waals surface area contributed by atoms with Crippen molar-refractivity contribution >= 4 is 24.0 Å². The van der Waals surface area contributed by atoms with Gasteiger partial charge in [-0.05, 0) is 92.7 Å². The third-order valence-corrected chi connectivity index (χ3v) is 9.82. The molecule has 0 spiro atoms. The van der Waals surface area contributed by atoms with Crippen molar-refractivity contribution in [1.29, 1.82) is 0 Å². The average Bonchev–Trinajstić information content (AvgIpc) is 3.23. The van der Waals surface area contributed by atoms with Gasteiger partial charge in [-0.15, -0.1) is 19.2 Å². The Morgan fingerprint density at radius 2 is 1.66 bits per heavy atom. The molecule has 3 nitrogen and oxygen atoms in total. The Hall–Kier alpha value is -2.98. The number of nitrogens with zero attached hydrogens (tertiary/aromatic N) is 2. The SMILES string of the molecule is C=CCCCCCCN1C2=C(C=C(S)CC2)C(C)(C)\C1=C/C=C/C=C/C=C/C(=[N+](CCCc1ccc(NC)cc1)C(C)C)C(C)(C)C. The molecule has 0 saturated carbocycles. The van der Waals surface area contributed by atoms with E-state index in [-0.39, 0.29) is 10.8 Å².